The van der Waals surface area contributed by atoms with E-state index >= 15 is 0 Å². The zero-order valence-corrected chi connectivity index (χ0v) is 7.84. The Hall–Kier alpha value is -0.520. The van der Waals surface area contributed by atoms with Crippen LogP contribution in [-0.4, -0.2) is 0 Å². The van der Waals surface area contributed by atoms with Gasteiger partial charge in [0.1, 0.15) is 0 Å². The minimum atomic E-state index is 0.683. The van der Waals surface area contributed by atoms with Gasteiger partial charge in [0.15, 0.2) is 0 Å². The summed E-state index contributed by atoms with van der Waals surface area (Å²) in [5.41, 5.74) is 0. The van der Waals surface area contributed by atoms with Crippen LogP contribution < -0.4 is 0 Å². The van der Waals surface area contributed by atoms with Crippen molar-refractivity contribution < 1.29 is 0 Å². The standard InChI is InChI=1S/C11H20/c1-4-7-8-9-10-11(5-2)6-3/h5,8-9,11H,2,4,6-7,10H2,1,3H3. The fourth-order valence-electron chi connectivity index (χ4n) is 0.985. The molecular weight excluding hydrogens is 132 g/mol. The lowest BCUT2D eigenvalue weighted by Crippen LogP contribution is -1.89. The molecule has 0 fully saturated rings. The molecule has 11 heavy (non-hydrogen) atoms. The summed E-state index contributed by atoms with van der Waals surface area (Å²) in [4.78, 5) is 0. The number of unbranched alkanes of at least 4 members (excludes halogenated alkanes) is 1. The van der Waals surface area contributed by atoms with Gasteiger partial charge in [-0.2, -0.15) is 0 Å². The van der Waals surface area contributed by atoms with Gasteiger partial charge in [-0.15, -0.1) is 6.58 Å². The SMILES string of the molecule is C=CC(CC)CC=CCCC. The van der Waals surface area contributed by atoms with Crippen molar-refractivity contribution in [3.8, 4) is 0 Å². The fraction of sp³-hybridized carbons (Fsp3) is 0.636. The summed E-state index contributed by atoms with van der Waals surface area (Å²) in [6.45, 7) is 8.21. The van der Waals surface area contributed by atoms with Crippen LogP contribution in [0.3, 0.4) is 0 Å². The monoisotopic (exact) mass is 152 g/mol. The van der Waals surface area contributed by atoms with Crippen LogP contribution in [0.2, 0.25) is 0 Å². The molecule has 0 aromatic rings. The first kappa shape index (κ1) is 10.5. The van der Waals surface area contributed by atoms with Gasteiger partial charge in [-0.25, -0.2) is 0 Å². The van der Waals surface area contributed by atoms with Crippen LogP contribution in [0.5, 0.6) is 0 Å². The molecule has 0 aromatic heterocycles. The zero-order chi connectivity index (χ0) is 8.53. The average molecular weight is 152 g/mol. The number of allylic oxidation sites excluding steroid dienone is 3. The van der Waals surface area contributed by atoms with Crippen molar-refractivity contribution in [3.05, 3.63) is 24.8 Å². The molecule has 0 heteroatoms. The highest BCUT2D eigenvalue weighted by atomic mass is 14.0. The van der Waals surface area contributed by atoms with Gasteiger partial charge in [-0.3, -0.25) is 0 Å². The Morgan fingerprint density at radius 1 is 1.27 bits per heavy atom. The number of hydrogen-bond acceptors (Lipinski definition) is 0. The summed E-state index contributed by atoms with van der Waals surface area (Å²) in [7, 11) is 0. The van der Waals surface area contributed by atoms with E-state index in [0.29, 0.717) is 5.92 Å². The van der Waals surface area contributed by atoms with E-state index in [0.717, 1.165) is 0 Å². The minimum Gasteiger partial charge on any atom is -0.103 e. The van der Waals surface area contributed by atoms with Crippen molar-refractivity contribution in [2.24, 2.45) is 5.92 Å². The van der Waals surface area contributed by atoms with Crippen LogP contribution in [0.4, 0.5) is 0 Å². The Kier molecular flexibility index (Phi) is 7.23. The van der Waals surface area contributed by atoms with Gasteiger partial charge in [-0.1, -0.05) is 38.5 Å². The molecule has 0 aromatic carbocycles. The predicted molar refractivity (Wildman–Crippen MR) is 52.6 cm³/mol. The summed E-state index contributed by atoms with van der Waals surface area (Å²) < 4.78 is 0. The summed E-state index contributed by atoms with van der Waals surface area (Å²) in [5, 5.41) is 0. The van der Waals surface area contributed by atoms with Crippen LogP contribution in [0, 0.1) is 5.92 Å². The van der Waals surface area contributed by atoms with Crippen molar-refractivity contribution in [2.45, 2.75) is 39.5 Å². The van der Waals surface area contributed by atoms with Crippen molar-refractivity contribution in [1.29, 1.82) is 0 Å². The molecule has 0 aliphatic rings. The van der Waals surface area contributed by atoms with Gasteiger partial charge in [-0.05, 0) is 25.2 Å². The highest BCUT2D eigenvalue weighted by molar-refractivity contribution is 4.89. The van der Waals surface area contributed by atoms with Crippen molar-refractivity contribution >= 4 is 0 Å². The van der Waals surface area contributed by atoms with Crippen molar-refractivity contribution in [2.75, 3.05) is 0 Å². The van der Waals surface area contributed by atoms with Crippen LogP contribution in [0.1, 0.15) is 39.5 Å². The smallest absolute Gasteiger partial charge is 0.0204 e. The predicted octanol–water partition coefficient (Wildman–Crippen LogP) is 3.95. The summed E-state index contributed by atoms with van der Waals surface area (Å²) >= 11 is 0. The first-order valence-electron chi connectivity index (χ1n) is 4.62. The van der Waals surface area contributed by atoms with E-state index < -0.39 is 0 Å². The Bertz CT molecular complexity index is 111. The molecule has 0 amide bonds. The third kappa shape index (κ3) is 5.90. The number of hydrogen-bond donors (Lipinski definition) is 0. The van der Waals surface area contributed by atoms with Crippen molar-refractivity contribution in [1.82, 2.24) is 0 Å². The van der Waals surface area contributed by atoms with E-state index in [1.165, 1.54) is 25.7 Å². The Labute approximate surface area is 71.0 Å². The van der Waals surface area contributed by atoms with Crippen LogP contribution in [0.15, 0.2) is 24.8 Å². The Morgan fingerprint density at radius 3 is 2.45 bits per heavy atom. The third-order valence-corrected chi connectivity index (χ3v) is 1.92. The largest absolute Gasteiger partial charge is 0.103 e. The highest BCUT2D eigenvalue weighted by Crippen LogP contribution is 2.09. The molecule has 0 saturated carbocycles. The zero-order valence-electron chi connectivity index (χ0n) is 7.84. The topological polar surface area (TPSA) is 0 Å². The van der Waals surface area contributed by atoms with Gasteiger partial charge in [0.25, 0.3) is 0 Å². The van der Waals surface area contributed by atoms with E-state index in [4.69, 9.17) is 0 Å². The van der Waals surface area contributed by atoms with Gasteiger partial charge in [0, 0.05) is 0 Å². The lowest BCUT2D eigenvalue weighted by atomic mass is 10.0. The maximum Gasteiger partial charge on any atom is -0.0204 e. The maximum atomic E-state index is 3.80. The Morgan fingerprint density at radius 2 is 2.00 bits per heavy atom. The van der Waals surface area contributed by atoms with Crippen LogP contribution in [0.25, 0.3) is 0 Å². The molecule has 0 heterocycles. The van der Waals surface area contributed by atoms with Crippen molar-refractivity contribution in [3.63, 3.8) is 0 Å². The molecule has 0 nitrogen and oxygen atoms in total. The number of rotatable bonds is 6. The fourth-order valence-corrected chi connectivity index (χ4v) is 0.985. The second-order valence-electron chi connectivity index (χ2n) is 2.90. The van der Waals surface area contributed by atoms with E-state index in [2.05, 4.69) is 38.7 Å². The molecular formula is C11H20. The van der Waals surface area contributed by atoms with Gasteiger partial charge in [0.2, 0.25) is 0 Å². The second kappa shape index (κ2) is 7.59. The first-order chi connectivity index (χ1) is 5.35. The Balaban J connectivity index is 3.41. The van der Waals surface area contributed by atoms with Crippen LogP contribution in [-0.2, 0) is 0 Å². The molecule has 1 unspecified atom stereocenters. The summed E-state index contributed by atoms with van der Waals surface area (Å²) in [6.07, 6.45) is 11.4. The first-order valence-corrected chi connectivity index (χ1v) is 4.62. The summed E-state index contributed by atoms with van der Waals surface area (Å²) in [6, 6.07) is 0. The second-order valence-corrected chi connectivity index (χ2v) is 2.90. The highest BCUT2D eigenvalue weighted by Gasteiger charge is 1.95. The van der Waals surface area contributed by atoms with E-state index in [-0.39, 0.29) is 0 Å². The van der Waals surface area contributed by atoms with Crippen LogP contribution >= 0.6 is 0 Å². The lowest BCUT2D eigenvalue weighted by molar-refractivity contribution is 0.638. The molecule has 0 spiro atoms. The molecule has 0 rings (SSSR count). The molecule has 0 bridgehead atoms. The lowest BCUT2D eigenvalue weighted by Gasteiger charge is -2.03. The van der Waals surface area contributed by atoms with Gasteiger partial charge in [0.05, 0.1) is 0 Å². The maximum absolute atomic E-state index is 3.80. The summed E-state index contributed by atoms with van der Waals surface area (Å²) in [5.74, 6) is 0.683. The molecule has 0 radical (unpaired) electrons. The quantitative estimate of drug-likeness (QED) is 0.506. The molecule has 0 aliphatic carbocycles. The van der Waals surface area contributed by atoms with E-state index in [1.54, 1.807) is 0 Å². The average Bonchev–Trinajstić information content (AvgIpc) is 2.05. The molecule has 0 N–H and O–H groups in total. The van der Waals surface area contributed by atoms with E-state index in [1.807, 2.05) is 0 Å². The van der Waals surface area contributed by atoms with Gasteiger partial charge >= 0.3 is 0 Å². The molecule has 0 aliphatic heterocycles. The minimum absolute atomic E-state index is 0.683. The molecule has 64 valence electrons. The normalized spacial score (nSPS) is 13.6. The van der Waals surface area contributed by atoms with Gasteiger partial charge < -0.3 is 0 Å². The third-order valence-electron chi connectivity index (χ3n) is 1.92. The molecule has 0 saturated heterocycles. The molecule has 1 atom stereocenters. The van der Waals surface area contributed by atoms with E-state index in [9.17, 15) is 0 Å².